The summed E-state index contributed by atoms with van der Waals surface area (Å²) in [5, 5.41) is 22.8. The van der Waals surface area contributed by atoms with Crippen LogP contribution in [0.5, 0.6) is 0 Å². The molecule has 35 heavy (non-hydrogen) atoms. The Morgan fingerprint density at radius 2 is 1.83 bits per heavy atom. The molecule has 0 amide bonds. The second kappa shape index (κ2) is 11.9. The Kier molecular flexibility index (Phi) is 10.7. The van der Waals surface area contributed by atoms with Gasteiger partial charge in [-0.3, -0.25) is 9.59 Å². The van der Waals surface area contributed by atoms with Crippen LogP contribution in [0.3, 0.4) is 0 Å². The van der Waals surface area contributed by atoms with E-state index in [1.54, 1.807) is 19.9 Å². The SMILES string of the molecule is COC(=O)/C=C1\C[C@@H](C[C@@H](O)CO[Si](C)(C)C(C)(C)C)C[C@@](O)(C(C)(C)/C=C/C=O)[C@H]1OC(C)=O. The first-order valence-electron chi connectivity index (χ1n) is 12.0. The summed E-state index contributed by atoms with van der Waals surface area (Å²) in [7, 11) is -0.816. The third-order valence-corrected chi connectivity index (χ3v) is 11.9. The topological polar surface area (TPSA) is 119 Å². The Bertz CT molecular complexity index is 824. The summed E-state index contributed by atoms with van der Waals surface area (Å²) in [6, 6.07) is 0. The highest BCUT2D eigenvalue weighted by Gasteiger charge is 2.55. The molecule has 0 aromatic rings. The molecule has 0 radical (unpaired) electrons. The van der Waals surface area contributed by atoms with Crippen molar-refractivity contribution in [2.75, 3.05) is 13.7 Å². The first-order valence-corrected chi connectivity index (χ1v) is 14.9. The van der Waals surface area contributed by atoms with Gasteiger partial charge in [-0.25, -0.2) is 4.79 Å². The summed E-state index contributed by atoms with van der Waals surface area (Å²) in [6.45, 7) is 15.5. The summed E-state index contributed by atoms with van der Waals surface area (Å²) in [6.07, 6.45) is 3.61. The molecule has 0 saturated heterocycles. The minimum absolute atomic E-state index is 0.000419. The van der Waals surface area contributed by atoms with Gasteiger partial charge in [0.25, 0.3) is 0 Å². The summed E-state index contributed by atoms with van der Waals surface area (Å²) in [4.78, 5) is 35.1. The first kappa shape index (κ1) is 31.2. The summed E-state index contributed by atoms with van der Waals surface area (Å²) in [5.41, 5.74) is -2.26. The lowest BCUT2D eigenvalue weighted by Gasteiger charge is -2.51. The zero-order valence-corrected chi connectivity index (χ0v) is 23.7. The lowest BCUT2D eigenvalue weighted by molar-refractivity contribution is -0.182. The van der Waals surface area contributed by atoms with Gasteiger partial charge >= 0.3 is 11.9 Å². The molecule has 1 fully saturated rings. The van der Waals surface area contributed by atoms with Gasteiger partial charge in [-0.15, -0.1) is 0 Å². The molecule has 0 heterocycles. The Balaban J connectivity index is 3.34. The van der Waals surface area contributed by atoms with E-state index in [4.69, 9.17) is 13.9 Å². The third kappa shape index (κ3) is 8.10. The van der Waals surface area contributed by atoms with Gasteiger partial charge < -0.3 is 24.1 Å². The van der Waals surface area contributed by atoms with Crippen molar-refractivity contribution in [1.29, 1.82) is 0 Å². The Morgan fingerprint density at radius 1 is 1.23 bits per heavy atom. The van der Waals surface area contributed by atoms with Crippen LogP contribution in [0.4, 0.5) is 0 Å². The van der Waals surface area contributed by atoms with E-state index in [2.05, 4.69) is 33.9 Å². The largest absolute Gasteiger partial charge is 0.466 e. The van der Waals surface area contributed by atoms with Crippen LogP contribution in [-0.2, 0) is 28.3 Å². The molecular formula is C26H44O8Si. The molecule has 1 rings (SSSR count). The highest BCUT2D eigenvalue weighted by Crippen LogP contribution is 2.49. The van der Waals surface area contributed by atoms with Gasteiger partial charge in [0.05, 0.1) is 19.8 Å². The van der Waals surface area contributed by atoms with Crippen LogP contribution in [0, 0.1) is 11.3 Å². The molecule has 9 heteroatoms. The summed E-state index contributed by atoms with van der Waals surface area (Å²) in [5.74, 6) is -1.49. The van der Waals surface area contributed by atoms with Crippen molar-refractivity contribution < 1.29 is 38.5 Å². The number of methoxy groups -OCH3 is 1. The molecular weight excluding hydrogens is 468 g/mol. The van der Waals surface area contributed by atoms with E-state index >= 15 is 0 Å². The van der Waals surface area contributed by atoms with Crippen LogP contribution in [0.25, 0.3) is 0 Å². The number of aliphatic hydroxyl groups is 2. The van der Waals surface area contributed by atoms with E-state index in [9.17, 15) is 24.6 Å². The van der Waals surface area contributed by atoms with Gasteiger partial charge in [-0.1, -0.05) is 40.7 Å². The number of aldehydes is 1. The Hall–Kier alpha value is -1.81. The number of carbonyl (C=O) groups excluding carboxylic acids is 3. The molecule has 1 saturated carbocycles. The fourth-order valence-electron chi connectivity index (χ4n) is 4.22. The van der Waals surface area contributed by atoms with Gasteiger partial charge in [0, 0.05) is 18.4 Å². The Morgan fingerprint density at radius 3 is 2.31 bits per heavy atom. The number of carbonyl (C=O) groups is 3. The molecule has 200 valence electrons. The molecule has 1 aliphatic rings. The van der Waals surface area contributed by atoms with Crippen molar-refractivity contribution in [2.45, 2.75) is 96.7 Å². The lowest BCUT2D eigenvalue weighted by Crippen LogP contribution is -2.59. The molecule has 0 spiro atoms. The molecule has 0 bridgehead atoms. The van der Waals surface area contributed by atoms with Crippen LogP contribution in [-0.4, -0.2) is 68.3 Å². The van der Waals surface area contributed by atoms with E-state index in [0.29, 0.717) is 24.7 Å². The zero-order valence-electron chi connectivity index (χ0n) is 22.7. The maximum atomic E-state index is 12.1. The average molecular weight is 513 g/mol. The maximum absolute atomic E-state index is 12.1. The fourth-order valence-corrected chi connectivity index (χ4v) is 5.26. The second-order valence-electron chi connectivity index (χ2n) is 11.6. The van der Waals surface area contributed by atoms with Crippen molar-refractivity contribution >= 4 is 26.5 Å². The van der Waals surface area contributed by atoms with E-state index in [1.165, 1.54) is 26.2 Å². The molecule has 0 aromatic heterocycles. The summed E-state index contributed by atoms with van der Waals surface area (Å²) >= 11 is 0. The van der Waals surface area contributed by atoms with E-state index in [0.717, 1.165) is 0 Å². The molecule has 8 nitrogen and oxygen atoms in total. The molecule has 0 aromatic carbocycles. The number of esters is 2. The van der Waals surface area contributed by atoms with Gasteiger partial charge in [0.15, 0.2) is 14.4 Å². The van der Waals surface area contributed by atoms with Gasteiger partial charge in [-0.2, -0.15) is 0 Å². The predicted molar refractivity (Wildman–Crippen MR) is 136 cm³/mol. The van der Waals surface area contributed by atoms with Gasteiger partial charge in [0.1, 0.15) is 11.9 Å². The van der Waals surface area contributed by atoms with E-state index in [-0.39, 0.29) is 24.0 Å². The smallest absolute Gasteiger partial charge is 0.330 e. The standard InChI is InChI=1S/C26H44O8Si/c1-18(28)34-23-20(15-22(30)32-7)13-19(16-26(23,31)25(5,6)11-10-12-27)14-21(29)17-33-35(8,9)24(2,3)4/h10-12,15,19,21,23,29,31H,13-14,16-17H2,1-9H3/b11-10+,20-15+/t19-,21+,23-,26-/m0/s1. The van der Waals surface area contributed by atoms with Crippen LogP contribution in [0.15, 0.2) is 23.8 Å². The number of allylic oxidation sites excluding steroid dienone is 1. The minimum Gasteiger partial charge on any atom is -0.466 e. The highest BCUT2D eigenvalue weighted by atomic mass is 28.4. The van der Waals surface area contributed by atoms with Crippen LogP contribution >= 0.6 is 0 Å². The maximum Gasteiger partial charge on any atom is 0.330 e. The fraction of sp³-hybridized carbons (Fsp3) is 0.731. The second-order valence-corrected chi connectivity index (χ2v) is 16.4. The van der Waals surface area contributed by atoms with E-state index in [1.807, 2.05) is 0 Å². The van der Waals surface area contributed by atoms with Crippen molar-refractivity contribution in [2.24, 2.45) is 11.3 Å². The number of rotatable bonds is 10. The van der Waals surface area contributed by atoms with Crippen molar-refractivity contribution in [1.82, 2.24) is 0 Å². The van der Waals surface area contributed by atoms with Gasteiger partial charge in [-0.05, 0) is 55.0 Å². The molecule has 0 aliphatic heterocycles. The zero-order chi connectivity index (χ0) is 27.2. The number of aliphatic hydroxyl groups excluding tert-OH is 1. The average Bonchev–Trinajstić information content (AvgIpc) is 2.72. The molecule has 2 N–H and O–H groups in total. The number of ether oxygens (including phenoxy) is 2. The molecule has 0 unspecified atom stereocenters. The normalized spacial score (nSPS) is 26.0. The van der Waals surface area contributed by atoms with Crippen LogP contribution < -0.4 is 0 Å². The number of hydrogen-bond donors (Lipinski definition) is 2. The number of hydrogen-bond acceptors (Lipinski definition) is 8. The highest BCUT2D eigenvalue weighted by molar-refractivity contribution is 6.74. The molecule has 4 atom stereocenters. The first-order chi connectivity index (χ1) is 15.9. The predicted octanol–water partition coefficient (Wildman–Crippen LogP) is 3.71. The van der Waals surface area contributed by atoms with Crippen LogP contribution in [0.2, 0.25) is 18.1 Å². The van der Waals surface area contributed by atoms with Gasteiger partial charge in [0.2, 0.25) is 0 Å². The van der Waals surface area contributed by atoms with Crippen molar-refractivity contribution in [3.63, 3.8) is 0 Å². The third-order valence-electron chi connectivity index (χ3n) is 7.44. The minimum atomic E-state index is -2.06. The van der Waals surface area contributed by atoms with Crippen molar-refractivity contribution in [3.05, 3.63) is 23.8 Å². The van der Waals surface area contributed by atoms with Crippen LogP contribution in [0.1, 0.15) is 60.8 Å². The molecule has 1 aliphatic carbocycles. The summed E-state index contributed by atoms with van der Waals surface area (Å²) < 4.78 is 16.5. The monoisotopic (exact) mass is 512 g/mol. The quantitative estimate of drug-likeness (QED) is 0.197. The lowest BCUT2D eigenvalue weighted by atomic mass is 9.60. The van der Waals surface area contributed by atoms with E-state index < -0.39 is 43.5 Å². The van der Waals surface area contributed by atoms with Crippen molar-refractivity contribution in [3.8, 4) is 0 Å². The Labute approximate surface area is 210 Å².